The molecule has 7 heteroatoms. The Hall–Kier alpha value is -2.99. The number of carbonyl (C=O) groups excluding carboxylic acids is 2. The first-order chi connectivity index (χ1) is 13.0. The smallest absolute Gasteiger partial charge is 0.322 e. The number of benzene rings is 2. The third-order valence-corrected chi connectivity index (χ3v) is 5.18. The van der Waals surface area contributed by atoms with E-state index in [1.807, 2.05) is 36.4 Å². The second kappa shape index (κ2) is 6.63. The van der Waals surface area contributed by atoms with Crippen LogP contribution in [0.15, 0.2) is 59.8 Å². The van der Waals surface area contributed by atoms with Crippen LogP contribution in [0.2, 0.25) is 5.02 Å². The van der Waals surface area contributed by atoms with E-state index < -0.39 is 6.04 Å². The normalized spacial score (nSPS) is 19.3. The number of urea groups is 1. The summed E-state index contributed by atoms with van der Waals surface area (Å²) >= 11 is 5.98. The van der Waals surface area contributed by atoms with E-state index in [4.69, 9.17) is 16.3 Å². The number of rotatable bonds is 3. The second-order valence-corrected chi connectivity index (χ2v) is 6.88. The topological polar surface area (TPSA) is 61.9 Å². The largest absolute Gasteiger partial charge is 0.497 e. The van der Waals surface area contributed by atoms with Crippen LogP contribution in [0.1, 0.15) is 11.6 Å². The number of amides is 3. The number of nitrogens with one attached hydrogen (secondary N) is 1. The minimum absolute atomic E-state index is 0.134. The van der Waals surface area contributed by atoms with E-state index in [-0.39, 0.29) is 11.9 Å². The maximum absolute atomic E-state index is 13.3. The number of likely N-dealkylation sites (N-methyl/N-ethyl adjacent to an activating group) is 1. The van der Waals surface area contributed by atoms with Gasteiger partial charge >= 0.3 is 6.03 Å². The van der Waals surface area contributed by atoms with Crippen LogP contribution < -0.4 is 15.0 Å². The summed E-state index contributed by atoms with van der Waals surface area (Å²) in [5.41, 5.74) is 2.81. The SMILES string of the molecule is COc1cccc(N2CC3=C(C2=O)[C@H](c2ccc(Cl)cc2)NC(=O)N3C)c1. The molecule has 2 aromatic carbocycles. The van der Waals surface area contributed by atoms with Gasteiger partial charge in [0.05, 0.1) is 31.0 Å². The number of hydrogen-bond donors (Lipinski definition) is 1. The summed E-state index contributed by atoms with van der Waals surface area (Å²) in [6.07, 6.45) is 0. The second-order valence-electron chi connectivity index (χ2n) is 6.45. The molecule has 0 fully saturated rings. The van der Waals surface area contributed by atoms with Gasteiger partial charge in [0.15, 0.2) is 0 Å². The average molecular weight is 384 g/mol. The standard InChI is InChI=1S/C20H18ClN3O3/c1-23-16-11-24(14-4-3-5-15(10-14)27-2)19(25)17(16)18(22-20(23)26)12-6-8-13(21)9-7-12/h3-10,18H,11H2,1-2H3,(H,22,26)/t18-/m0/s1. The van der Waals surface area contributed by atoms with Gasteiger partial charge in [-0.2, -0.15) is 0 Å². The Labute approximate surface area is 162 Å². The third kappa shape index (κ3) is 2.92. The first-order valence-electron chi connectivity index (χ1n) is 8.48. The van der Waals surface area contributed by atoms with Crippen molar-refractivity contribution >= 4 is 29.2 Å². The molecule has 2 aromatic rings. The molecule has 138 valence electrons. The average Bonchev–Trinajstić information content (AvgIpc) is 3.03. The molecule has 4 rings (SSSR count). The monoisotopic (exact) mass is 383 g/mol. The van der Waals surface area contributed by atoms with E-state index in [0.29, 0.717) is 28.6 Å². The van der Waals surface area contributed by atoms with E-state index in [1.165, 1.54) is 4.90 Å². The Kier molecular flexibility index (Phi) is 4.28. The van der Waals surface area contributed by atoms with E-state index in [2.05, 4.69) is 5.32 Å². The fourth-order valence-electron chi connectivity index (χ4n) is 3.46. The fraction of sp³-hybridized carbons (Fsp3) is 0.200. The van der Waals surface area contributed by atoms with Gasteiger partial charge in [-0.15, -0.1) is 0 Å². The molecule has 0 saturated heterocycles. The van der Waals surface area contributed by atoms with Crippen LogP contribution in [-0.2, 0) is 4.79 Å². The molecule has 27 heavy (non-hydrogen) atoms. The number of methoxy groups -OCH3 is 1. The molecule has 0 aliphatic carbocycles. The summed E-state index contributed by atoms with van der Waals surface area (Å²) in [7, 11) is 3.26. The number of hydrogen-bond acceptors (Lipinski definition) is 3. The van der Waals surface area contributed by atoms with E-state index in [0.717, 1.165) is 11.3 Å². The van der Waals surface area contributed by atoms with Gasteiger partial charge in [0.25, 0.3) is 5.91 Å². The van der Waals surface area contributed by atoms with Crippen LogP contribution in [-0.4, -0.2) is 37.5 Å². The van der Waals surface area contributed by atoms with Gasteiger partial charge in [-0.25, -0.2) is 4.79 Å². The van der Waals surface area contributed by atoms with Crippen molar-refractivity contribution in [1.82, 2.24) is 10.2 Å². The quantitative estimate of drug-likeness (QED) is 0.884. The molecule has 1 N–H and O–H groups in total. The van der Waals surface area contributed by atoms with Crippen LogP contribution in [0.5, 0.6) is 5.75 Å². The first-order valence-corrected chi connectivity index (χ1v) is 8.86. The van der Waals surface area contributed by atoms with E-state index in [1.54, 1.807) is 31.2 Å². The van der Waals surface area contributed by atoms with Crippen molar-refractivity contribution in [3.05, 3.63) is 70.4 Å². The number of halogens is 1. The highest BCUT2D eigenvalue weighted by molar-refractivity contribution is 6.30. The lowest BCUT2D eigenvalue weighted by atomic mass is 9.96. The van der Waals surface area contributed by atoms with Gasteiger partial charge in [-0.05, 0) is 29.8 Å². The number of carbonyl (C=O) groups is 2. The summed E-state index contributed by atoms with van der Waals surface area (Å²) < 4.78 is 5.27. The number of anilines is 1. The van der Waals surface area contributed by atoms with E-state index >= 15 is 0 Å². The van der Waals surface area contributed by atoms with Crippen molar-refractivity contribution in [2.24, 2.45) is 0 Å². The van der Waals surface area contributed by atoms with Crippen LogP contribution in [0.4, 0.5) is 10.5 Å². The van der Waals surface area contributed by atoms with Crippen molar-refractivity contribution in [3.63, 3.8) is 0 Å². The Morgan fingerprint density at radius 2 is 1.89 bits per heavy atom. The molecule has 2 heterocycles. The fourth-order valence-corrected chi connectivity index (χ4v) is 3.59. The van der Waals surface area contributed by atoms with Crippen molar-refractivity contribution in [1.29, 1.82) is 0 Å². The van der Waals surface area contributed by atoms with Gasteiger partial charge < -0.3 is 15.0 Å². The minimum Gasteiger partial charge on any atom is -0.497 e. The first kappa shape index (κ1) is 17.4. The van der Waals surface area contributed by atoms with Gasteiger partial charge in [0.2, 0.25) is 0 Å². The lowest BCUT2D eigenvalue weighted by Gasteiger charge is -2.31. The molecule has 1 atom stereocenters. The summed E-state index contributed by atoms with van der Waals surface area (Å²) in [5, 5.41) is 3.51. The number of nitrogens with zero attached hydrogens (tertiary/aromatic N) is 2. The van der Waals surface area contributed by atoms with Crippen LogP contribution in [0, 0.1) is 0 Å². The van der Waals surface area contributed by atoms with Crippen LogP contribution >= 0.6 is 11.6 Å². The predicted octanol–water partition coefficient (Wildman–Crippen LogP) is 3.35. The van der Waals surface area contributed by atoms with Gasteiger partial charge in [-0.1, -0.05) is 29.8 Å². The van der Waals surface area contributed by atoms with Crippen molar-refractivity contribution < 1.29 is 14.3 Å². The zero-order chi connectivity index (χ0) is 19.1. The summed E-state index contributed by atoms with van der Waals surface area (Å²) in [5.74, 6) is 0.534. The highest BCUT2D eigenvalue weighted by Crippen LogP contribution is 2.38. The van der Waals surface area contributed by atoms with Crippen LogP contribution in [0.25, 0.3) is 0 Å². The third-order valence-electron chi connectivity index (χ3n) is 4.93. The molecule has 0 aromatic heterocycles. The van der Waals surface area contributed by atoms with Crippen LogP contribution in [0.3, 0.4) is 0 Å². The highest BCUT2D eigenvalue weighted by atomic mass is 35.5. The molecular weight excluding hydrogens is 366 g/mol. The minimum atomic E-state index is -0.510. The lowest BCUT2D eigenvalue weighted by Crippen LogP contribution is -2.45. The van der Waals surface area contributed by atoms with Gasteiger partial charge in [0.1, 0.15) is 5.75 Å². The molecule has 0 radical (unpaired) electrons. The van der Waals surface area contributed by atoms with Gasteiger partial charge in [-0.3, -0.25) is 9.69 Å². The molecule has 0 unspecified atom stereocenters. The molecule has 0 spiro atoms. The summed E-state index contributed by atoms with van der Waals surface area (Å²) in [6, 6.07) is 13.7. The zero-order valence-corrected chi connectivity index (χ0v) is 15.7. The molecule has 3 amide bonds. The number of ether oxygens (including phenoxy) is 1. The zero-order valence-electron chi connectivity index (χ0n) is 14.9. The Morgan fingerprint density at radius 1 is 1.15 bits per heavy atom. The summed E-state index contributed by atoms with van der Waals surface area (Å²) in [6.45, 7) is 0.329. The Morgan fingerprint density at radius 3 is 2.59 bits per heavy atom. The molecular formula is C20H18ClN3O3. The molecule has 0 bridgehead atoms. The van der Waals surface area contributed by atoms with Crippen molar-refractivity contribution in [2.75, 3.05) is 25.6 Å². The summed E-state index contributed by atoms with van der Waals surface area (Å²) in [4.78, 5) is 28.9. The lowest BCUT2D eigenvalue weighted by molar-refractivity contribution is -0.114. The van der Waals surface area contributed by atoms with Gasteiger partial charge in [0, 0.05) is 23.8 Å². The molecule has 2 aliphatic heterocycles. The maximum Gasteiger partial charge on any atom is 0.322 e. The van der Waals surface area contributed by atoms with Crippen molar-refractivity contribution in [2.45, 2.75) is 6.04 Å². The maximum atomic E-state index is 13.3. The molecule has 6 nitrogen and oxygen atoms in total. The van der Waals surface area contributed by atoms with Crippen molar-refractivity contribution in [3.8, 4) is 5.75 Å². The Balaban J connectivity index is 1.75. The molecule has 0 saturated carbocycles. The Bertz CT molecular complexity index is 955. The van der Waals surface area contributed by atoms with E-state index in [9.17, 15) is 9.59 Å². The predicted molar refractivity (Wildman–Crippen MR) is 103 cm³/mol. The highest BCUT2D eigenvalue weighted by Gasteiger charge is 2.43. The molecule has 2 aliphatic rings.